The molecule has 2 aromatic carbocycles. The Bertz CT molecular complexity index is 666. The third-order valence-corrected chi connectivity index (χ3v) is 3.45. The SMILES string of the molecule is O=[N+]([O-])c1ccc(Br)c(OCc2ccc(F)c(Cl)c2)c1. The number of benzene rings is 2. The van der Waals surface area contributed by atoms with Gasteiger partial charge in [-0.25, -0.2) is 4.39 Å². The van der Waals surface area contributed by atoms with Crippen LogP contribution in [-0.4, -0.2) is 4.92 Å². The average Bonchev–Trinajstić information content (AvgIpc) is 2.41. The van der Waals surface area contributed by atoms with Gasteiger partial charge >= 0.3 is 0 Å². The molecule has 0 unspecified atom stereocenters. The highest BCUT2D eigenvalue weighted by molar-refractivity contribution is 9.10. The zero-order valence-corrected chi connectivity index (χ0v) is 12.3. The molecule has 0 saturated heterocycles. The summed E-state index contributed by atoms with van der Waals surface area (Å²) in [6, 6.07) is 8.43. The van der Waals surface area contributed by atoms with Crippen molar-refractivity contribution in [2.45, 2.75) is 6.61 Å². The number of non-ortho nitro benzene ring substituents is 1. The number of nitrogens with zero attached hydrogens (tertiary/aromatic N) is 1. The van der Waals surface area contributed by atoms with E-state index in [0.29, 0.717) is 15.8 Å². The van der Waals surface area contributed by atoms with Crippen LogP contribution in [-0.2, 0) is 6.61 Å². The molecule has 0 aliphatic carbocycles. The van der Waals surface area contributed by atoms with E-state index in [-0.39, 0.29) is 17.3 Å². The summed E-state index contributed by atoms with van der Waals surface area (Å²) in [7, 11) is 0. The van der Waals surface area contributed by atoms with E-state index in [4.69, 9.17) is 16.3 Å². The van der Waals surface area contributed by atoms with Crippen molar-refractivity contribution in [1.29, 1.82) is 0 Å². The molecule has 0 aromatic heterocycles. The molecule has 0 bridgehead atoms. The molecule has 0 fully saturated rings. The molecular formula is C13H8BrClFNO3. The van der Waals surface area contributed by atoms with Crippen LogP contribution in [0.15, 0.2) is 40.9 Å². The van der Waals surface area contributed by atoms with Crippen molar-refractivity contribution < 1.29 is 14.1 Å². The third kappa shape index (κ3) is 3.46. The number of nitro groups is 1. The minimum atomic E-state index is -0.507. The zero-order chi connectivity index (χ0) is 14.7. The Morgan fingerprint density at radius 3 is 2.70 bits per heavy atom. The van der Waals surface area contributed by atoms with Crippen LogP contribution in [0.4, 0.5) is 10.1 Å². The van der Waals surface area contributed by atoms with Crippen LogP contribution in [0.2, 0.25) is 5.02 Å². The largest absolute Gasteiger partial charge is 0.487 e. The molecule has 7 heteroatoms. The van der Waals surface area contributed by atoms with E-state index in [9.17, 15) is 14.5 Å². The summed E-state index contributed by atoms with van der Waals surface area (Å²) >= 11 is 8.91. The highest BCUT2D eigenvalue weighted by Crippen LogP contribution is 2.30. The maximum Gasteiger partial charge on any atom is 0.273 e. The van der Waals surface area contributed by atoms with Crippen molar-refractivity contribution in [2.24, 2.45) is 0 Å². The molecule has 4 nitrogen and oxygen atoms in total. The first-order valence-corrected chi connectivity index (χ1v) is 6.65. The normalized spacial score (nSPS) is 10.3. The van der Waals surface area contributed by atoms with Crippen molar-refractivity contribution in [3.63, 3.8) is 0 Å². The maximum atomic E-state index is 13.0. The molecule has 104 valence electrons. The summed E-state index contributed by atoms with van der Waals surface area (Å²) < 4.78 is 19.1. The van der Waals surface area contributed by atoms with Crippen molar-refractivity contribution >= 4 is 33.2 Å². The van der Waals surface area contributed by atoms with Crippen LogP contribution in [0.5, 0.6) is 5.75 Å². The number of ether oxygens (including phenoxy) is 1. The summed E-state index contributed by atoms with van der Waals surface area (Å²) in [6.45, 7) is 0.125. The Morgan fingerprint density at radius 1 is 1.30 bits per heavy atom. The Kier molecular flexibility index (Phi) is 4.57. The van der Waals surface area contributed by atoms with Gasteiger partial charge in [-0.3, -0.25) is 10.1 Å². The molecule has 0 radical (unpaired) electrons. The second-order valence-electron chi connectivity index (χ2n) is 3.91. The molecular weight excluding hydrogens is 353 g/mol. The fourth-order valence-electron chi connectivity index (χ4n) is 1.51. The van der Waals surface area contributed by atoms with Gasteiger partial charge in [0.1, 0.15) is 18.2 Å². The Morgan fingerprint density at radius 2 is 2.05 bits per heavy atom. The minimum Gasteiger partial charge on any atom is -0.487 e. The summed E-state index contributed by atoms with van der Waals surface area (Å²) in [5, 5.41) is 10.7. The average molecular weight is 361 g/mol. The van der Waals surface area contributed by atoms with E-state index in [1.54, 1.807) is 0 Å². The first-order valence-electron chi connectivity index (χ1n) is 5.48. The van der Waals surface area contributed by atoms with Gasteiger partial charge < -0.3 is 4.74 Å². The van der Waals surface area contributed by atoms with E-state index < -0.39 is 10.7 Å². The maximum absolute atomic E-state index is 13.0. The van der Waals surface area contributed by atoms with Gasteiger partial charge in [0, 0.05) is 6.07 Å². The van der Waals surface area contributed by atoms with Crippen LogP contribution >= 0.6 is 27.5 Å². The van der Waals surface area contributed by atoms with Gasteiger partial charge in [-0.15, -0.1) is 0 Å². The van der Waals surface area contributed by atoms with Gasteiger partial charge in [0.05, 0.1) is 20.5 Å². The number of halogens is 3. The number of nitro benzene ring substituents is 1. The molecule has 0 aliphatic heterocycles. The minimum absolute atomic E-state index is 0.00390. The van der Waals surface area contributed by atoms with Gasteiger partial charge in [-0.2, -0.15) is 0 Å². The molecule has 0 amide bonds. The van der Waals surface area contributed by atoms with Crippen molar-refractivity contribution in [3.8, 4) is 5.75 Å². The second-order valence-corrected chi connectivity index (χ2v) is 5.17. The lowest BCUT2D eigenvalue weighted by molar-refractivity contribution is -0.385. The molecule has 2 rings (SSSR count). The van der Waals surface area contributed by atoms with Gasteiger partial charge in [-0.1, -0.05) is 17.7 Å². The van der Waals surface area contributed by atoms with Crippen LogP contribution in [0, 0.1) is 15.9 Å². The van der Waals surface area contributed by atoms with E-state index in [2.05, 4.69) is 15.9 Å². The summed E-state index contributed by atoms with van der Waals surface area (Å²) in [4.78, 5) is 10.2. The van der Waals surface area contributed by atoms with Crippen LogP contribution in [0.25, 0.3) is 0 Å². The van der Waals surface area contributed by atoms with E-state index >= 15 is 0 Å². The van der Waals surface area contributed by atoms with Crippen molar-refractivity contribution in [1.82, 2.24) is 0 Å². The first-order chi connectivity index (χ1) is 9.47. The van der Waals surface area contributed by atoms with E-state index in [1.807, 2.05) is 0 Å². The summed E-state index contributed by atoms with van der Waals surface area (Å²) in [5.41, 5.74) is 0.593. The van der Waals surface area contributed by atoms with Crippen molar-refractivity contribution in [3.05, 3.63) is 67.4 Å². The Balaban J connectivity index is 2.15. The fourth-order valence-corrected chi connectivity index (χ4v) is 2.07. The van der Waals surface area contributed by atoms with Crippen molar-refractivity contribution in [2.75, 3.05) is 0 Å². The predicted molar refractivity (Wildman–Crippen MR) is 76.5 cm³/mol. The fraction of sp³-hybridized carbons (Fsp3) is 0.0769. The number of hydrogen-bond donors (Lipinski definition) is 0. The van der Waals surface area contributed by atoms with Gasteiger partial charge in [0.25, 0.3) is 5.69 Å². The molecule has 0 heterocycles. The smallest absolute Gasteiger partial charge is 0.273 e. The molecule has 2 aromatic rings. The highest BCUT2D eigenvalue weighted by atomic mass is 79.9. The van der Waals surface area contributed by atoms with Crippen LogP contribution in [0.3, 0.4) is 0 Å². The molecule has 0 aliphatic rings. The molecule has 0 saturated carbocycles. The molecule has 0 atom stereocenters. The molecule has 0 N–H and O–H groups in total. The molecule has 20 heavy (non-hydrogen) atoms. The quantitative estimate of drug-likeness (QED) is 0.585. The lowest BCUT2D eigenvalue weighted by Crippen LogP contribution is -1.97. The third-order valence-electron chi connectivity index (χ3n) is 2.50. The number of hydrogen-bond acceptors (Lipinski definition) is 3. The zero-order valence-electron chi connectivity index (χ0n) is 9.98. The highest BCUT2D eigenvalue weighted by Gasteiger charge is 2.11. The Labute approximate surface area is 127 Å². The first kappa shape index (κ1) is 14.7. The topological polar surface area (TPSA) is 52.4 Å². The predicted octanol–water partition coefficient (Wildman–Crippen LogP) is 4.73. The standard InChI is InChI=1S/C13H8BrClFNO3/c14-10-3-2-9(17(18)19)6-13(10)20-7-8-1-4-12(16)11(15)5-8/h1-6H,7H2. The van der Waals surface area contributed by atoms with Gasteiger partial charge in [-0.05, 0) is 39.7 Å². The molecule has 0 spiro atoms. The lowest BCUT2D eigenvalue weighted by atomic mass is 10.2. The van der Waals surface area contributed by atoms with Gasteiger partial charge in [0.2, 0.25) is 0 Å². The van der Waals surface area contributed by atoms with Crippen LogP contribution < -0.4 is 4.74 Å². The summed E-state index contributed by atoms with van der Waals surface area (Å²) in [6.07, 6.45) is 0. The monoisotopic (exact) mass is 359 g/mol. The van der Waals surface area contributed by atoms with E-state index in [1.165, 1.54) is 36.4 Å². The van der Waals surface area contributed by atoms with E-state index in [0.717, 1.165) is 0 Å². The summed E-state index contributed by atoms with van der Waals surface area (Å²) in [5.74, 6) is -0.174. The van der Waals surface area contributed by atoms with Crippen LogP contribution in [0.1, 0.15) is 5.56 Å². The second kappa shape index (κ2) is 6.19. The Hall–Kier alpha value is -1.66. The number of rotatable bonds is 4. The lowest BCUT2D eigenvalue weighted by Gasteiger charge is -2.08. The van der Waals surface area contributed by atoms with Gasteiger partial charge in [0.15, 0.2) is 0 Å².